The molecule has 0 unspecified atom stereocenters. The van der Waals surface area contributed by atoms with Crippen molar-refractivity contribution in [2.24, 2.45) is 0 Å². The third-order valence-electron chi connectivity index (χ3n) is 5.03. The third-order valence-corrected chi connectivity index (χ3v) is 6.28. The van der Waals surface area contributed by atoms with Crippen LogP contribution in [0.3, 0.4) is 0 Å². The van der Waals surface area contributed by atoms with Crippen molar-refractivity contribution >= 4 is 55.1 Å². The monoisotopic (exact) mass is 426 g/mol. The van der Waals surface area contributed by atoms with Gasteiger partial charge in [-0.15, -0.1) is 0 Å². The second-order valence-corrected chi connectivity index (χ2v) is 8.49. The van der Waals surface area contributed by atoms with E-state index in [1.165, 1.54) is 16.9 Å². The largest absolute Gasteiger partial charge is 0.379 e. The van der Waals surface area contributed by atoms with Gasteiger partial charge in [0, 0.05) is 25.0 Å². The predicted molar refractivity (Wildman–Crippen MR) is 117 cm³/mol. The first-order valence-electron chi connectivity index (χ1n) is 9.44. The highest BCUT2D eigenvalue weighted by molar-refractivity contribution is 7.22. The SMILES string of the molecule is O=C(Nc1nc2ccc(CN3CCOCC3)cc2s1)c1cc2cccc(Cl)c2[nH]1. The quantitative estimate of drug-likeness (QED) is 0.503. The van der Waals surface area contributed by atoms with E-state index < -0.39 is 0 Å². The maximum atomic E-state index is 12.7. The molecule has 0 spiro atoms. The minimum Gasteiger partial charge on any atom is -0.379 e. The third kappa shape index (κ3) is 3.86. The minimum atomic E-state index is -0.232. The van der Waals surface area contributed by atoms with Crippen LogP contribution < -0.4 is 5.32 Å². The van der Waals surface area contributed by atoms with Crippen LogP contribution in [0.25, 0.3) is 21.1 Å². The number of ether oxygens (including phenoxy) is 1. The zero-order chi connectivity index (χ0) is 19.8. The maximum absolute atomic E-state index is 12.7. The number of nitrogens with one attached hydrogen (secondary N) is 2. The standard InChI is InChI=1S/C21H19ClN4O2S/c22-15-3-1-2-14-11-17(23-19(14)15)20(27)25-21-24-16-5-4-13(10-18(16)29-21)12-26-6-8-28-9-7-26/h1-5,10-11,23H,6-9,12H2,(H,24,25,27). The van der Waals surface area contributed by atoms with E-state index in [-0.39, 0.29) is 5.91 Å². The Morgan fingerprint density at radius 2 is 2.10 bits per heavy atom. The van der Waals surface area contributed by atoms with Crippen LogP contribution in [0.2, 0.25) is 5.02 Å². The van der Waals surface area contributed by atoms with Crippen molar-refractivity contribution < 1.29 is 9.53 Å². The van der Waals surface area contributed by atoms with E-state index in [4.69, 9.17) is 16.3 Å². The van der Waals surface area contributed by atoms with Gasteiger partial charge in [-0.25, -0.2) is 4.98 Å². The Morgan fingerprint density at radius 1 is 1.24 bits per heavy atom. The predicted octanol–water partition coefficient (Wildman–Crippen LogP) is 4.52. The number of H-pyrrole nitrogens is 1. The van der Waals surface area contributed by atoms with Gasteiger partial charge < -0.3 is 9.72 Å². The molecule has 4 aromatic rings. The average molecular weight is 427 g/mol. The van der Waals surface area contributed by atoms with Gasteiger partial charge in [-0.2, -0.15) is 0 Å². The first-order valence-corrected chi connectivity index (χ1v) is 10.6. The molecule has 0 aliphatic carbocycles. The lowest BCUT2D eigenvalue weighted by molar-refractivity contribution is 0.0342. The number of anilines is 1. The Balaban J connectivity index is 1.34. The van der Waals surface area contributed by atoms with Crippen molar-refractivity contribution in [3.05, 3.63) is 58.7 Å². The van der Waals surface area contributed by atoms with Crippen LogP contribution in [0.5, 0.6) is 0 Å². The van der Waals surface area contributed by atoms with Gasteiger partial charge in [-0.3, -0.25) is 15.0 Å². The summed E-state index contributed by atoms with van der Waals surface area (Å²) in [4.78, 5) is 22.7. The van der Waals surface area contributed by atoms with Gasteiger partial charge in [0.15, 0.2) is 5.13 Å². The summed E-state index contributed by atoms with van der Waals surface area (Å²) in [5, 5.41) is 4.97. The van der Waals surface area contributed by atoms with Crippen molar-refractivity contribution in [1.29, 1.82) is 0 Å². The molecule has 6 nitrogen and oxygen atoms in total. The lowest BCUT2D eigenvalue weighted by Crippen LogP contribution is -2.35. The zero-order valence-electron chi connectivity index (χ0n) is 15.6. The average Bonchev–Trinajstić information content (AvgIpc) is 3.33. The number of benzene rings is 2. The minimum absolute atomic E-state index is 0.232. The summed E-state index contributed by atoms with van der Waals surface area (Å²) in [7, 11) is 0. The second-order valence-electron chi connectivity index (χ2n) is 7.05. The summed E-state index contributed by atoms with van der Waals surface area (Å²) >= 11 is 7.67. The molecule has 0 saturated carbocycles. The van der Waals surface area contributed by atoms with Gasteiger partial charge >= 0.3 is 0 Å². The van der Waals surface area contributed by atoms with Crippen LogP contribution >= 0.6 is 22.9 Å². The van der Waals surface area contributed by atoms with Gasteiger partial charge in [0.2, 0.25) is 0 Å². The van der Waals surface area contributed by atoms with E-state index in [0.717, 1.165) is 54.0 Å². The second kappa shape index (κ2) is 7.76. The highest BCUT2D eigenvalue weighted by Crippen LogP contribution is 2.28. The van der Waals surface area contributed by atoms with Crippen LogP contribution in [0.4, 0.5) is 5.13 Å². The van der Waals surface area contributed by atoms with E-state index in [1.807, 2.05) is 18.2 Å². The molecule has 2 aromatic carbocycles. The van der Waals surface area contributed by atoms with Gasteiger partial charge in [0.1, 0.15) is 5.69 Å². The van der Waals surface area contributed by atoms with E-state index in [2.05, 4.69) is 32.3 Å². The van der Waals surface area contributed by atoms with E-state index in [9.17, 15) is 4.79 Å². The molecule has 8 heteroatoms. The van der Waals surface area contributed by atoms with Crippen LogP contribution in [0.15, 0.2) is 42.5 Å². The van der Waals surface area contributed by atoms with Gasteiger partial charge in [-0.1, -0.05) is 41.1 Å². The van der Waals surface area contributed by atoms with Gasteiger partial charge in [0.25, 0.3) is 5.91 Å². The smallest absolute Gasteiger partial charge is 0.273 e. The summed E-state index contributed by atoms with van der Waals surface area (Å²) < 4.78 is 6.47. The number of carbonyl (C=O) groups is 1. The molecule has 1 amide bonds. The first kappa shape index (κ1) is 18.6. The number of halogens is 1. The van der Waals surface area contributed by atoms with Crippen LogP contribution in [0, 0.1) is 0 Å². The molecule has 1 aliphatic heterocycles. The van der Waals surface area contributed by atoms with Crippen LogP contribution in [0.1, 0.15) is 16.1 Å². The number of hydrogen-bond acceptors (Lipinski definition) is 5. The molecule has 0 radical (unpaired) electrons. The number of morpholine rings is 1. The molecular formula is C21H19ClN4O2S. The summed E-state index contributed by atoms with van der Waals surface area (Å²) in [6.07, 6.45) is 0. The topological polar surface area (TPSA) is 70.2 Å². The van der Waals surface area contributed by atoms with E-state index in [1.54, 1.807) is 12.1 Å². The number of thiazole rings is 1. The molecule has 29 heavy (non-hydrogen) atoms. The molecular weight excluding hydrogens is 408 g/mol. The Kier molecular flexibility index (Phi) is 4.97. The number of aromatic nitrogens is 2. The van der Waals surface area contributed by atoms with Crippen LogP contribution in [-0.4, -0.2) is 47.1 Å². The van der Waals surface area contributed by atoms with Gasteiger partial charge in [0.05, 0.1) is 34.0 Å². The Morgan fingerprint density at radius 3 is 2.93 bits per heavy atom. The molecule has 0 atom stereocenters. The van der Waals surface area contributed by atoms with Crippen molar-refractivity contribution in [3.63, 3.8) is 0 Å². The fourth-order valence-electron chi connectivity index (χ4n) is 3.54. The molecule has 5 rings (SSSR count). The molecule has 2 aromatic heterocycles. The molecule has 3 heterocycles. The number of rotatable bonds is 4. The lowest BCUT2D eigenvalue weighted by atomic mass is 10.2. The number of nitrogens with zero attached hydrogens (tertiary/aromatic N) is 2. The Hall–Kier alpha value is -2.45. The van der Waals surface area contributed by atoms with Crippen LogP contribution in [-0.2, 0) is 11.3 Å². The van der Waals surface area contributed by atoms with Gasteiger partial charge in [-0.05, 0) is 29.8 Å². The zero-order valence-corrected chi connectivity index (χ0v) is 17.1. The fourth-order valence-corrected chi connectivity index (χ4v) is 4.70. The fraction of sp³-hybridized carbons (Fsp3) is 0.238. The summed E-state index contributed by atoms with van der Waals surface area (Å²) in [6.45, 7) is 4.39. The number of fused-ring (bicyclic) bond motifs is 2. The Bertz CT molecular complexity index is 1200. The first-order chi connectivity index (χ1) is 14.2. The number of carbonyl (C=O) groups excluding carboxylic acids is 1. The number of amides is 1. The van der Waals surface area contributed by atoms with Crippen molar-refractivity contribution in [2.75, 3.05) is 31.6 Å². The van der Waals surface area contributed by atoms with Crippen molar-refractivity contribution in [2.45, 2.75) is 6.54 Å². The number of hydrogen-bond donors (Lipinski definition) is 2. The summed E-state index contributed by atoms with van der Waals surface area (Å²) in [6, 6.07) is 13.6. The normalized spacial score (nSPS) is 15.2. The summed E-state index contributed by atoms with van der Waals surface area (Å²) in [5.74, 6) is -0.232. The lowest BCUT2D eigenvalue weighted by Gasteiger charge is -2.26. The molecule has 1 aliphatic rings. The van der Waals surface area contributed by atoms with Crippen molar-refractivity contribution in [3.8, 4) is 0 Å². The molecule has 1 saturated heterocycles. The number of aromatic amines is 1. The summed E-state index contributed by atoms with van der Waals surface area (Å²) in [5.41, 5.74) is 3.35. The van der Waals surface area contributed by atoms with Crippen molar-refractivity contribution in [1.82, 2.24) is 14.9 Å². The molecule has 2 N–H and O–H groups in total. The highest BCUT2D eigenvalue weighted by Gasteiger charge is 2.15. The van der Waals surface area contributed by atoms with E-state index in [0.29, 0.717) is 15.8 Å². The molecule has 0 bridgehead atoms. The van der Waals surface area contributed by atoms with E-state index >= 15 is 0 Å². The Labute approximate surface area is 176 Å². The highest BCUT2D eigenvalue weighted by atomic mass is 35.5. The number of para-hydroxylation sites is 1. The maximum Gasteiger partial charge on any atom is 0.273 e. The molecule has 1 fully saturated rings. The molecule has 148 valence electrons.